The lowest BCUT2D eigenvalue weighted by Crippen LogP contribution is -2.31. The van der Waals surface area contributed by atoms with Crippen molar-refractivity contribution in [1.29, 1.82) is 21.0 Å². The largest absolute Gasteiger partial charge is 1.00 e. The number of hydrogen-bond acceptors (Lipinski definition) is 10. The Kier molecular flexibility index (Phi) is 21.4. The van der Waals surface area contributed by atoms with Crippen molar-refractivity contribution >= 4 is 0 Å². The van der Waals surface area contributed by atoms with Crippen LogP contribution in [-0.4, -0.2) is 80.9 Å². The van der Waals surface area contributed by atoms with Gasteiger partial charge in [-0.25, -0.2) is 13.1 Å². The van der Waals surface area contributed by atoms with Crippen molar-refractivity contribution in [3.8, 4) is 24.3 Å². The average molecular weight is 600 g/mol. The van der Waals surface area contributed by atoms with E-state index in [1.165, 1.54) is 0 Å². The molecule has 1 heterocycles. The summed E-state index contributed by atoms with van der Waals surface area (Å²) in [6, 6.07) is 8.48. The van der Waals surface area contributed by atoms with Gasteiger partial charge >= 0.3 is 1.43 Å². The van der Waals surface area contributed by atoms with Gasteiger partial charge in [-0.15, -0.1) is 0 Å². The van der Waals surface area contributed by atoms with Gasteiger partial charge in [-0.3, -0.25) is 0 Å². The van der Waals surface area contributed by atoms with Crippen LogP contribution in [0.3, 0.4) is 0 Å². The van der Waals surface area contributed by atoms with Gasteiger partial charge in [0.25, 0.3) is 0 Å². The molecule has 2 unspecified atom stereocenters. The molecule has 2 N–H and O–H groups in total. The van der Waals surface area contributed by atoms with Crippen LogP contribution in [0, 0.1) is 69.3 Å². The van der Waals surface area contributed by atoms with Crippen LogP contribution in [0.2, 0.25) is 0 Å². The third-order valence-electron chi connectivity index (χ3n) is 7.28. The van der Waals surface area contributed by atoms with Crippen LogP contribution in [0.4, 0.5) is 0 Å². The fraction of sp³-hybridized carbons (Fsp3) is 0.806. The molecule has 0 aromatic carbocycles. The summed E-state index contributed by atoms with van der Waals surface area (Å²) in [6.45, 7) is 19.6. The molecule has 236 valence electrons. The molecule has 1 aliphatic rings. The van der Waals surface area contributed by atoms with E-state index in [1.807, 2.05) is 13.8 Å². The van der Waals surface area contributed by atoms with Crippen LogP contribution in [0.5, 0.6) is 0 Å². The predicted molar refractivity (Wildman–Crippen MR) is 157 cm³/mol. The van der Waals surface area contributed by atoms with Crippen LogP contribution in [0.15, 0.2) is 0 Å². The highest BCUT2D eigenvalue weighted by molar-refractivity contribution is 4.90. The fourth-order valence-corrected chi connectivity index (χ4v) is 4.77. The van der Waals surface area contributed by atoms with E-state index in [-0.39, 0.29) is 38.2 Å². The minimum Gasteiger partial charge on any atom is -0.394 e. The third-order valence-corrected chi connectivity index (χ3v) is 7.28. The van der Waals surface area contributed by atoms with Crippen molar-refractivity contribution in [2.24, 2.45) is 10.8 Å². The van der Waals surface area contributed by atoms with E-state index in [0.29, 0.717) is 97.1 Å². The minimum absolute atomic E-state index is 0. The Bertz CT molecular complexity index is 942. The molecule has 0 aromatic rings. The van der Waals surface area contributed by atoms with Crippen molar-refractivity contribution in [3.05, 3.63) is 22.8 Å². The molecule has 2 atom stereocenters. The highest BCUT2D eigenvalue weighted by atomic mass is 16.7. The molecule has 1 aliphatic heterocycles. The van der Waals surface area contributed by atoms with Crippen LogP contribution in [-0.2, 0) is 18.9 Å². The van der Waals surface area contributed by atoms with E-state index in [9.17, 15) is 5.11 Å². The molecule has 1 rings (SSSR count). The molecule has 1 saturated heterocycles. The first kappa shape index (κ1) is 39.7. The lowest BCUT2D eigenvalue weighted by Gasteiger charge is -2.31. The van der Waals surface area contributed by atoms with E-state index in [2.05, 4.69) is 34.0 Å². The summed E-state index contributed by atoms with van der Waals surface area (Å²) < 4.78 is 22.5. The summed E-state index contributed by atoms with van der Waals surface area (Å²) in [4.78, 5) is 6.76. The van der Waals surface area contributed by atoms with Gasteiger partial charge in [-0.2, -0.15) is 21.0 Å². The molecule has 0 saturated carbocycles. The molecule has 43 heavy (non-hydrogen) atoms. The lowest BCUT2D eigenvalue weighted by molar-refractivity contribution is -0.147. The minimum atomic E-state index is -0.930. The summed E-state index contributed by atoms with van der Waals surface area (Å²) in [5.74, 6) is -0.573. The zero-order valence-electron chi connectivity index (χ0n) is 26.6. The normalized spacial score (nSPS) is 16.2. The SMILES string of the molecule is [C-]#[N+]CCC(CCC#N)(CCC#N)COCC(O)CO.[C-]#[N+]CCC(CCC#N)(CCC#N)COCC1COC(C)(C)O1.[H+]. The first-order chi connectivity index (χ1) is 20.6. The smallest absolute Gasteiger partial charge is 0.394 e. The Labute approximate surface area is 258 Å². The highest BCUT2D eigenvalue weighted by Gasteiger charge is 2.35. The van der Waals surface area contributed by atoms with Gasteiger partial charge in [-0.05, 0) is 39.5 Å². The van der Waals surface area contributed by atoms with Gasteiger partial charge in [0.2, 0.25) is 13.1 Å². The van der Waals surface area contributed by atoms with Gasteiger partial charge in [0.05, 0.1) is 63.9 Å². The topological polar surface area (TPSA) is 181 Å². The van der Waals surface area contributed by atoms with E-state index < -0.39 is 11.9 Å². The van der Waals surface area contributed by atoms with Crippen LogP contribution in [0.1, 0.15) is 79.5 Å². The number of hydrogen-bond donors (Lipinski definition) is 2. The first-order valence-corrected chi connectivity index (χ1v) is 14.5. The average Bonchev–Trinajstić information content (AvgIpc) is 3.36. The number of nitriles is 4. The van der Waals surface area contributed by atoms with E-state index in [1.54, 1.807) is 0 Å². The summed E-state index contributed by atoms with van der Waals surface area (Å²) in [6.07, 6.45) is 4.10. The van der Waals surface area contributed by atoms with Crippen molar-refractivity contribution < 1.29 is 30.6 Å². The molecule has 0 amide bonds. The summed E-state index contributed by atoms with van der Waals surface area (Å²) in [5.41, 5.74) is -0.670. The standard InChI is InChI=1S/C17H25N3O3.C14H21N3O3/c1-16(2)22-13-15(23-16)12-21-14-17(6-4-9-18,7-5-10-19)8-11-20-3;1-17-9-6-14(4-2-7-15,5-3-8-16)12-20-11-13(19)10-18/h15H,4-8,11-14H2,1-2H3;13,18-19H,2-6,9-12H2/p+1. The molecule has 12 heteroatoms. The molecule has 0 aromatic heterocycles. The predicted octanol–water partition coefficient (Wildman–Crippen LogP) is 4.43. The molecule has 12 nitrogen and oxygen atoms in total. The maximum Gasteiger partial charge on any atom is 1.00 e. The number of aliphatic hydroxyl groups excluding tert-OH is 2. The van der Waals surface area contributed by atoms with Gasteiger partial charge in [0.1, 0.15) is 12.2 Å². The van der Waals surface area contributed by atoms with Crippen LogP contribution >= 0.6 is 0 Å². The fourth-order valence-electron chi connectivity index (χ4n) is 4.77. The number of rotatable bonds is 21. The van der Waals surface area contributed by atoms with Gasteiger partial charge in [0.15, 0.2) is 5.79 Å². The molecule has 1 fully saturated rings. The number of ether oxygens (including phenoxy) is 4. The maximum absolute atomic E-state index is 9.25. The van der Waals surface area contributed by atoms with Crippen molar-refractivity contribution in [3.63, 3.8) is 0 Å². The van der Waals surface area contributed by atoms with Crippen molar-refractivity contribution in [1.82, 2.24) is 0 Å². The summed E-state index contributed by atoms with van der Waals surface area (Å²) >= 11 is 0. The molecular weight excluding hydrogens is 552 g/mol. The second-order valence-electron chi connectivity index (χ2n) is 11.2. The Morgan fingerprint density at radius 1 is 0.860 bits per heavy atom. The van der Waals surface area contributed by atoms with E-state index in [4.69, 9.17) is 58.2 Å². The summed E-state index contributed by atoms with van der Waals surface area (Å²) in [5, 5.41) is 53.2. The van der Waals surface area contributed by atoms with Gasteiger partial charge in [-0.1, -0.05) is 0 Å². The molecule has 0 radical (unpaired) electrons. The van der Waals surface area contributed by atoms with Gasteiger partial charge in [0, 0.05) is 49.4 Å². The molecule has 0 spiro atoms. The molecule has 0 bridgehead atoms. The van der Waals surface area contributed by atoms with E-state index in [0.717, 1.165) is 0 Å². The Balaban J connectivity index is 0. The van der Waals surface area contributed by atoms with E-state index >= 15 is 0 Å². The molecule has 0 aliphatic carbocycles. The van der Waals surface area contributed by atoms with Gasteiger partial charge < -0.3 is 38.9 Å². The summed E-state index contributed by atoms with van der Waals surface area (Å²) in [7, 11) is 0. The lowest BCUT2D eigenvalue weighted by atomic mass is 9.77. The van der Waals surface area contributed by atoms with Crippen molar-refractivity contribution in [2.75, 3.05) is 52.7 Å². The van der Waals surface area contributed by atoms with Crippen molar-refractivity contribution in [2.45, 2.75) is 96.1 Å². The Morgan fingerprint density at radius 3 is 1.65 bits per heavy atom. The van der Waals surface area contributed by atoms with Crippen LogP contribution < -0.4 is 0 Å². The van der Waals surface area contributed by atoms with Crippen LogP contribution in [0.25, 0.3) is 9.69 Å². The second kappa shape index (κ2) is 23.2. The zero-order chi connectivity index (χ0) is 32.5. The number of nitrogens with zero attached hydrogens (tertiary/aromatic N) is 6. The highest BCUT2D eigenvalue weighted by Crippen LogP contribution is 2.35. The zero-order valence-corrected chi connectivity index (χ0v) is 25.6. The monoisotopic (exact) mass is 599 g/mol. The Morgan fingerprint density at radius 2 is 1.30 bits per heavy atom. The second-order valence-corrected chi connectivity index (χ2v) is 11.2. The molecular formula is C31H47N6O6+. The Hall–Kier alpha value is -3.30. The number of aliphatic hydroxyl groups is 2. The third kappa shape index (κ3) is 18.1. The quantitative estimate of drug-likeness (QED) is 0.179. The first-order valence-electron chi connectivity index (χ1n) is 14.5. The maximum atomic E-state index is 9.25.